The second-order valence-corrected chi connectivity index (χ2v) is 6.17. The molecular formula is C20H33NaO2. The zero-order valence-electron chi connectivity index (χ0n) is 16.4. The van der Waals surface area contributed by atoms with E-state index in [-0.39, 0.29) is 37.0 Å². The first kappa shape index (κ1) is 22.7. The molecule has 0 spiro atoms. The summed E-state index contributed by atoms with van der Waals surface area (Å²) in [7, 11) is 0. The minimum atomic E-state index is -0.262. The van der Waals surface area contributed by atoms with Crippen molar-refractivity contribution in [3.05, 3.63) is 29.8 Å². The summed E-state index contributed by atoms with van der Waals surface area (Å²) in [5.74, 6) is 0.377. The van der Waals surface area contributed by atoms with Gasteiger partial charge in [-0.25, -0.2) is 0 Å². The third-order valence-electron chi connectivity index (χ3n) is 4.00. The fraction of sp³-hybridized carbons (Fsp3) is 0.650. The van der Waals surface area contributed by atoms with Gasteiger partial charge in [0.05, 0.1) is 0 Å². The molecule has 0 saturated carbocycles. The minimum absolute atomic E-state index is 0. The molecule has 0 radical (unpaired) electrons. The molecule has 0 unspecified atom stereocenters. The molecular weight excluding hydrogens is 295 g/mol. The molecule has 0 fully saturated rings. The molecule has 1 rings (SSSR count). The third kappa shape index (κ3) is 12.7. The number of rotatable bonds is 12. The van der Waals surface area contributed by atoms with E-state index in [1.54, 1.807) is 0 Å². The van der Waals surface area contributed by atoms with Crippen LogP contribution in [-0.2, 0) is 11.2 Å². The van der Waals surface area contributed by atoms with E-state index in [1.807, 2.05) is 12.1 Å². The molecule has 1 aromatic rings. The van der Waals surface area contributed by atoms with Crippen LogP contribution in [0.1, 0.15) is 85.0 Å². The van der Waals surface area contributed by atoms with Gasteiger partial charge in [-0.3, -0.25) is 4.79 Å². The number of hydrogen-bond acceptors (Lipinski definition) is 2. The molecule has 0 heterocycles. The predicted molar refractivity (Wildman–Crippen MR) is 94.4 cm³/mol. The van der Waals surface area contributed by atoms with E-state index >= 15 is 0 Å². The monoisotopic (exact) mass is 328 g/mol. The molecule has 23 heavy (non-hydrogen) atoms. The first-order valence-corrected chi connectivity index (χ1v) is 8.99. The molecule has 0 saturated heterocycles. The third-order valence-corrected chi connectivity index (χ3v) is 4.00. The van der Waals surface area contributed by atoms with Crippen LogP contribution in [-0.4, -0.2) is 5.97 Å². The quantitative estimate of drug-likeness (QED) is 0.255. The first-order chi connectivity index (χ1) is 10.7. The van der Waals surface area contributed by atoms with E-state index in [4.69, 9.17) is 4.74 Å². The van der Waals surface area contributed by atoms with Crippen LogP contribution >= 0.6 is 0 Å². The van der Waals surface area contributed by atoms with Crippen LogP contribution in [0.25, 0.3) is 0 Å². The average Bonchev–Trinajstić information content (AvgIpc) is 2.50. The number of ether oxygens (including phenoxy) is 1. The van der Waals surface area contributed by atoms with E-state index < -0.39 is 0 Å². The van der Waals surface area contributed by atoms with E-state index in [1.165, 1.54) is 76.7 Å². The van der Waals surface area contributed by atoms with Gasteiger partial charge in [-0.2, -0.15) is 0 Å². The maximum absolute atomic E-state index is 10.8. The van der Waals surface area contributed by atoms with E-state index in [0.717, 1.165) is 6.42 Å². The van der Waals surface area contributed by atoms with Crippen LogP contribution < -0.4 is 34.3 Å². The smallest absolute Gasteiger partial charge is 1.00 e. The second kappa shape index (κ2) is 15.2. The fourth-order valence-corrected chi connectivity index (χ4v) is 2.71. The Morgan fingerprint density at radius 3 is 1.83 bits per heavy atom. The molecule has 2 nitrogen and oxygen atoms in total. The van der Waals surface area contributed by atoms with Gasteiger partial charge < -0.3 is 6.16 Å². The van der Waals surface area contributed by atoms with Crippen LogP contribution in [0.15, 0.2) is 24.3 Å². The van der Waals surface area contributed by atoms with Crippen molar-refractivity contribution < 1.29 is 40.5 Å². The van der Waals surface area contributed by atoms with Crippen LogP contribution in [0, 0.1) is 0 Å². The van der Waals surface area contributed by atoms with Gasteiger partial charge in [-0.1, -0.05) is 76.8 Å². The average molecular weight is 328 g/mol. The number of esters is 1. The molecule has 0 atom stereocenters. The minimum Gasteiger partial charge on any atom is -1.00 e. The van der Waals surface area contributed by atoms with Crippen molar-refractivity contribution in [2.75, 3.05) is 0 Å². The summed E-state index contributed by atoms with van der Waals surface area (Å²) >= 11 is 0. The molecule has 0 aliphatic rings. The van der Waals surface area contributed by atoms with Crippen molar-refractivity contribution in [1.82, 2.24) is 0 Å². The van der Waals surface area contributed by atoms with E-state index in [9.17, 15) is 4.79 Å². The number of carbonyl (C=O) groups excluding carboxylic acids is 1. The Kier molecular flexibility index (Phi) is 15.0. The molecule has 0 aromatic heterocycles. The van der Waals surface area contributed by atoms with Gasteiger partial charge >= 0.3 is 35.5 Å². The predicted octanol–water partition coefficient (Wildman–Crippen LogP) is 3.19. The van der Waals surface area contributed by atoms with Crippen molar-refractivity contribution >= 4 is 5.97 Å². The Bertz CT molecular complexity index is 407. The van der Waals surface area contributed by atoms with Gasteiger partial charge in [-0.15, -0.1) is 0 Å². The molecule has 0 aliphatic heterocycles. The molecule has 126 valence electrons. The van der Waals surface area contributed by atoms with Gasteiger partial charge in [0.1, 0.15) is 5.75 Å². The number of benzene rings is 1. The van der Waals surface area contributed by atoms with Gasteiger partial charge in [0.25, 0.3) is 0 Å². The Balaban J connectivity index is 0. The largest absolute Gasteiger partial charge is 1.00 e. The van der Waals surface area contributed by atoms with Gasteiger partial charge in [0, 0.05) is 6.92 Å². The van der Waals surface area contributed by atoms with Crippen LogP contribution in [0.2, 0.25) is 0 Å². The number of aryl methyl sites for hydroxylation is 1. The molecule has 0 amide bonds. The zero-order chi connectivity index (χ0) is 16.0. The second-order valence-electron chi connectivity index (χ2n) is 6.17. The summed E-state index contributed by atoms with van der Waals surface area (Å²) < 4.78 is 5.04. The maximum Gasteiger partial charge on any atom is 1.00 e. The Morgan fingerprint density at radius 2 is 1.35 bits per heavy atom. The van der Waals surface area contributed by atoms with Gasteiger partial charge in [0.2, 0.25) is 0 Å². The molecule has 0 N–H and O–H groups in total. The summed E-state index contributed by atoms with van der Waals surface area (Å²) in [6, 6.07) is 7.89. The maximum atomic E-state index is 10.8. The molecule has 1 aromatic carbocycles. The van der Waals surface area contributed by atoms with Crippen molar-refractivity contribution in [3.63, 3.8) is 0 Å². The van der Waals surface area contributed by atoms with Gasteiger partial charge in [0.15, 0.2) is 0 Å². The first-order valence-electron chi connectivity index (χ1n) is 8.99. The summed E-state index contributed by atoms with van der Waals surface area (Å²) in [6.45, 7) is 3.70. The zero-order valence-corrected chi connectivity index (χ0v) is 17.4. The summed E-state index contributed by atoms with van der Waals surface area (Å²) in [6.07, 6.45) is 14.8. The summed E-state index contributed by atoms with van der Waals surface area (Å²) in [5, 5.41) is 0. The topological polar surface area (TPSA) is 26.3 Å². The van der Waals surface area contributed by atoms with Gasteiger partial charge in [-0.05, 0) is 30.5 Å². The van der Waals surface area contributed by atoms with E-state index in [2.05, 4.69) is 19.1 Å². The Labute approximate surface area is 166 Å². The fourth-order valence-electron chi connectivity index (χ4n) is 2.71. The standard InChI is InChI=1S/C20H32O2.Na.H/c1-3-4-5-6-7-8-9-10-11-12-13-19-14-16-20(17-15-19)22-18(2)21;;/h14-17H,3-13H2,1-2H3;;/q;+1;-1. The number of carbonyl (C=O) groups is 1. The molecule has 0 aliphatic carbocycles. The van der Waals surface area contributed by atoms with E-state index in [0.29, 0.717) is 5.75 Å². The number of unbranched alkanes of at least 4 members (excludes halogenated alkanes) is 9. The number of hydrogen-bond donors (Lipinski definition) is 0. The van der Waals surface area contributed by atoms with Crippen molar-refractivity contribution in [3.8, 4) is 5.75 Å². The Morgan fingerprint density at radius 1 is 0.870 bits per heavy atom. The Hall–Kier alpha value is -0.310. The van der Waals surface area contributed by atoms with Crippen LogP contribution in [0.5, 0.6) is 5.75 Å². The summed E-state index contributed by atoms with van der Waals surface area (Å²) in [4.78, 5) is 10.8. The normalized spacial score (nSPS) is 10.2. The van der Waals surface area contributed by atoms with Crippen LogP contribution in [0.4, 0.5) is 0 Å². The SMILES string of the molecule is CCCCCCCCCCCCc1ccc(OC(C)=O)cc1.[H-].[Na+]. The molecule has 0 bridgehead atoms. The molecule has 3 heteroatoms. The van der Waals surface area contributed by atoms with Crippen LogP contribution in [0.3, 0.4) is 0 Å². The van der Waals surface area contributed by atoms with Crippen molar-refractivity contribution in [2.24, 2.45) is 0 Å². The van der Waals surface area contributed by atoms with Crippen molar-refractivity contribution in [1.29, 1.82) is 0 Å². The van der Waals surface area contributed by atoms with Crippen molar-refractivity contribution in [2.45, 2.75) is 84.5 Å². The summed E-state index contributed by atoms with van der Waals surface area (Å²) in [5.41, 5.74) is 1.33.